The van der Waals surface area contributed by atoms with Crippen LogP contribution in [0.15, 0.2) is 42.5 Å². The Morgan fingerprint density at radius 3 is 2.58 bits per heavy atom. The van der Waals surface area contributed by atoms with Gasteiger partial charge in [-0.25, -0.2) is 0 Å². The lowest BCUT2D eigenvalue weighted by molar-refractivity contribution is -0.133. The predicted octanol–water partition coefficient (Wildman–Crippen LogP) is 1.83. The minimum absolute atomic E-state index is 0.150. The number of nitrogens with one attached hydrogen (secondary N) is 1. The number of nitrogens with zero attached hydrogens (tertiary/aromatic N) is 7. The van der Waals surface area contributed by atoms with Crippen molar-refractivity contribution in [2.24, 2.45) is 0 Å². The number of hydrogen-bond acceptors (Lipinski definition) is 7. The molecular weight excluding hydrogens is 456 g/mol. The lowest BCUT2D eigenvalue weighted by Crippen LogP contribution is -2.48. The van der Waals surface area contributed by atoms with E-state index in [1.54, 1.807) is 4.52 Å². The van der Waals surface area contributed by atoms with Crippen LogP contribution in [0.3, 0.4) is 0 Å². The van der Waals surface area contributed by atoms with Gasteiger partial charge < -0.3 is 15.1 Å². The number of rotatable bonds is 10. The van der Waals surface area contributed by atoms with Crippen molar-refractivity contribution >= 4 is 23.3 Å². The Bertz CT molecular complexity index is 1170. The number of aromatic nitrogens is 4. The zero-order chi connectivity index (χ0) is 24.7. The molecule has 36 heavy (non-hydrogen) atoms. The summed E-state index contributed by atoms with van der Waals surface area (Å²) in [5, 5.41) is 16.4. The van der Waals surface area contributed by atoms with Gasteiger partial charge in [0.15, 0.2) is 11.5 Å². The molecule has 2 amide bonds. The number of carbonyl (C=O) groups is 2. The van der Waals surface area contributed by atoms with E-state index in [0.717, 1.165) is 71.0 Å². The second-order valence-corrected chi connectivity index (χ2v) is 9.51. The second kappa shape index (κ2) is 11.5. The van der Waals surface area contributed by atoms with Gasteiger partial charge in [0.25, 0.3) is 0 Å². The van der Waals surface area contributed by atoms with Crippen molar-refractivity contribution in [1.82, 2.24) is 34.5 Å². The number of amides is 2. The first kappa shape index (κ1) is 24.2. The lowest BCUT2D eigenvalue weighted by atomic mass is 10.2. The number of fused-ring (bicyclic) bond motifs is 1. The molecule has 0 spiro atoms. The van der Waals surface area contributed by atoms with Crippen molar-refractivity contribution in [2.45, 2.75) is 38.6 Å². The van der Waals surface area contributed by atoms with Gasteiger partial charge in [0, 0.05) is 71.6 Å². The topological polar surface area (TPSA) is 99.0 Å². The van der Waals surface area contributed by atoms with E-state index in [9.17, 15) is 9.59 Å². The minimum Gasteiger partial charge on any atom is -0.369 e. The van der Waals surface area contributed by atoms with Crippen LogP contribution in [-0.4, -0.2) is 92.1 Å². The van der Waals surface area contributed by atoms with Gasteiger partial charge in [0.05, 0.1) is 0 Å². The maximum atomic E-state index is 12.9. The molecule has 0 radical (unpaired) electrons. The van der Waals surface area contributed by atoms with Gasteiger partial charge in [0.2, 0.25) is 11.8 Å². The molecule has 1 N–H and O–H groups in total. The minimum atomic E-state index is 0.150. The fourth-order valence-electron chi connectivity index (χ4n) is 4.88. The van der Waals surface area contributed by atoms with Gasteiger partial charge in [-0.05, 0) is 30.5 Å². The summed E-state index contributed by atoms with van der Waals surface area (Å²) < 4.78 is 1.72. The molecule has 190 valence electrons. The molecular formula is C26H34N8O2. The maximum Gasteiger partial charge on any atom is 0.223 e. The first-order valence-electron chi connectivity index (χ1n) is 12.9. The molecule has 2 saturated heterocycles. The molecule has 10 nitrogen and oxygen atoms in total. The Balaban J connectivity index is 1.08. The largest absolute Gasteiger partial charge is 0.369 e. The van der Waals surface area contributed by atoms with Crippen LogP contribution in [0.4, 0.5) is 5.82 Å². The third-order valence-corrected chi connectivity index (χ3v) is 6.95. The number of likely N-dealkylation sites (tertiary alicyclic amines) is 1. The molecule has 0 atom stereocenters. The van der Waals surface area contributed by atoms with E-state index in [2.05, 4.69) is 49.8 Å². The van der Waals surface area contributed by atoms with E-state index in [1.165, 1.54) is 5.56 Å². The highest BCUT2D eigenvalue weighted by molar-refractivity contribution is 5.78. The second-order valence-electron chi connectivity index (χ2n) is 9.51. The van der Waals surface area contributed by atoms with Crippen LogP contribution in [0.1, 0.15) is 37.1 Å². The van der Waals surface area contributed by atoms with Crippen molar-refractivity contribution < 1.29 is 9.59 Å². The monoisotopic (exact) mass is 490 g/mol. The number of hydrogen-bond donors (Lipinski definition) is 1. The average Bonchev–Trinajstić information content (AvgIpc) is 3.51. The van der Waals surface area contributed by atoms with Gasteiger partial charge in [-0.1, -0.05) is 30.3 Å². The van der Waals surface area contributed by atoms with Crippen LogP contribution in [0, 0.1) is 0 Å². The van der Waals surface area contributed by atoms with E-state index in [-0.39, 0.29) is 11.8 Å². The summed E-state index contributed by atoms with van der Waals surface area (Å²) in [5.74, 6) is 1.83. The molecule has 5 rings (SSSR count). The molecule has 0 saturated carbocycles. The summed E-state index contributed by atoms with van der Waals surface area (Å²) in [6.45, 7) is 6.57. The average molecular weight is 491 g/mol. The number of aryl methyl sites for hydroxylation is 1. The van der Waals surface area contributed by atoms with Crippen LogP contribution < -0.4 is 5.32 Å². The number of benzene rings is 1. The van der Waals surface area contributed by atoms with Crippen molar-refractivity contribution in [2.75, 3.05) is 51.1 Å². The summed E-state index contributed by atoms with van der Waals surface area (Å²) in [5.41, 5.74) is 1.97. The van der Waals surface area contributed by atoms with E-state index in [0.29, 0.717) is 30.7 Å². The zero-order valence-corrected chi connectivity index (χ0v) is 20.7. The van der Waals surface area contributed by atoms with Crippen molar-refractivity contribution in [3.8, 4) is 0 Å². The number of anilines is 1. The molecule has 2 aromatic heterocycles. The number of piperazine rings is 1. The van der Waals surface area contributed by atoms with E-state index < -0.39 is 0 Å². The highest BCUT2D eigenvalue weighted by Crippen LogP contribution is 2.13. The van der Waals surface area contributed by atoms with Gasteiger partial charge in [-0.3, -0.25) is 14.5 Å². The van der Waals surface area contributed by atoms with Crippen LogP contribution in [-0.2, 0) is 22.6 Å². The smallest absolute Gasteiger partial charge is 0.223 e. The van der Waals surface area contributed by atoms with Crippen LogP contribution in [0.2, 0.25) is 0 Å². The summed E-state index contributed by atoms with van der Waals surface area (Å²) in [4.78, 5) is 30.9. The van der Waals surface area contributed by atoms with E-state index in [4.69, 9.17) is 0 Å². The zero-order valence-electron chi connectivity index (χ0n) is 20.7. The normalized spacial score (nSPS) is 16.7. The van der Waals surface area contributed by atoms with Gasteiger partial charge in [-0.2, -0.15) is 4.52 Å². The summed E-state index contributed by atoms with van der Waals surface area (Å²) >= 11 is 0. The van der Waals surface area contributed by atoms with Gasteiger partial charge in [-0.15, -0.1) is 15.3 Å². The molecule has 4 heterocycles. The Hall–Kier alpha value is -3.53. The van der Waals surface area contributed by atoms with Crippen LogP contribution in [0.5, 0.6) is 0 Å². The highest BCUT2D eigenvalue weighted by atomic mass is 16.2. The molecule has 2 aliphatic rings. The Morgan fingerprint density at radius 1 is 0.972 bits per heavy atom. The van der Waals surface area contributed by atoms with E-state index >= 15 is 0 Å². The molecule has 10 heteroatoms. The summed E-state index contributed by atoms with van der Waals surface area (Å²) in [6.07, 6.45) is 3.40. The maximum absolute atomic E-state index is 12.9. The van der Waals surface area contributed by atoms with Crippen LogP contribution in [0.25, 0.3) is 5.65 Å². The molecule has 0 aliphatic carbocycles. The summed E-state index contributed by atoms with van der Waals surface area (Å²) in [7, 11) is 0. The standard InChI is InChI=1S/C26H34N8O2/c35-25-8-4-14-32(25)15-5-13-27-22-9-10-23-28-29-24(34(23)30-22)11-12-26(36)33-18-16-31(17-19-33)20-21-6-2-1-3-7-21/h1-3,6-7,9-10H,4-5,8,11-20H2,(H,27,30). The van der Waals surface area contributed by atoms with Crippen molar-refractivity contribution in [3.05, 3.63) is 53.9 Å². The highest BCUT2D eigenvalue weighted by Gasteiger charge is 2.22. The quantitative estimate of drug-likeness (QED) is 0.433. The van der Waals surface area contributed by atoms with Crippen molar-refractivity contribution in [1.29, 1.82) is 0 Å². The van der Waals surface area contributed by atoms with Crippen LogP contribution >= 0.6 is 0 Å². The Labute approximate surface area is 211 Å². The molecule has 2 aliphatic heterocycles. The molecule has 2 fully saturated rings. The fourth-order valence-corrected chi connectivity index (χ4v) is 4.88. The lowest BCUT2D eigenvalue weighted by Gasteiger charge is -2.34. The van der Waals surface area contributed by atoms with Gasteiger partial charge in [0.1, 0.15) is 5.82 Å². The third kappa shape index (κ3) is 5.99. The fraction of sp³-hybridized carbons (Fsp3) is 0.500. The molecule has 0 unspecified atom stereocenters. The SMILES string of the molecule is O=C1CCCN1CCCNc1ccc2nnc(CCC(=O)N3CCN(Cc4ccccc4)CC3)n2n1. The molecule has 1 aromatic carbocycles. The number of carbonyl (C=O) groups excluding carboxylic acids is 2. The Morgan fingerprint density at radius 2 is 1.81 bits per heavy atom. The first-order valence-corrected chi connectivity index (χ1v) is 12.9. The molecule has 3 aromatic rings. The predicted molar refractivity (Wildman–Crippen MR) is 136 cm³/mol. The Kier molecular flexibility index (Phi) is 7.70. The first-order chi connectivity index (χ1) is 17.7. The summed E-state index contributed by atoms with van der Waals surface area (Å²) in [6, 6.07) is 14.2. The third-order valence-electron chi connectivity index (χ3n) is 6.95. The van der Waals surface area contributed by atoms with Crippen molar-refractivity contribution in [3.63, 3.8) is 0 Å². The molecule has 0 bridgehead atoms. The van der Waals surface area contributed by atoms with E-state index in [1.807, 2.05) is 28.0 Å². The van der Waals surface area contributed by atoms with Gasteiger partial charge >= 0.3 is 0 Å².